The van der Waals surface area contributed by atoms with E-state index in [1.807, 2.05) is 13.8 Å². The number of nitrogens with one attached hydrogen (secondary N) is 1. The molecule has 0 amide bonds. The number of hydrogen-bond donors (Lipinski definition) is 2. The summed E-state index contributed by atoms with van der Waals surface area (Å²) in [6.45, 7) is 4.28. The number of halogens is 2. The molecular formula is C13H19Cl2NO3. The van der Waals surface area contributed by atoms with Crippen molar-refractivity contribution in [3.05, 3.63) is 34.9 Å². The summed E-state index contributed by atoms with van der Waals surface area (Å²) in [7, 11) is 0. The maximum absolute atomic E-state index is 11.7. The van der Waals surface area contributed by atoms with Crippen LogP contribution < -0.4 is 5.32 Å². The average Bonchev–Trinajstić information content (AvgIpc) is 2.34. The Morgan fingerprint density at radius 3 is 2.63 bits per heavy atom. The molecule has 1 unspecified atom stereocenters. The van der Waals surface area contributed by atoms with Gasteiger partial charge in [0, 0.05) is 12.6 Å². The van der Waals surface area contributed by atoms with E-state index in [-0.39, 0.29) is 25.1 Å². The number of hydrogen-bond acceptors (Lipinski definition) is 4. The average molecular weight is 308 g/mol. The molecule has 0 aromatic heterocycles. The number of benzene rings is 1. The standard InChI is InChI=1S/C13H18ClNO3.ClH/c1-9(2)15-7-10(16)8-18-13(17)11-5-3-4-6-12(11)14;/h3-6,9-10,15-16H,7-8H2,1-2H3;1H. The molecule has 2 N–H and O–H groups in total. The van der Waals surface area contributed by atoms with Gasteiger partial charge in [0.2, 0.25) is 0 Å². The smallest absolute Gasteiger partial charge is 0.339 e. The fourth-order valence-electron chi connectivity index (χ4n) is 1.31. The quantitative estimate of drug-likeness (QED) is 0.792. The lowest BCUT2D eigenvalue weighted by atomic mass is 10.2. The molecule has 1 atom stereocenters. The van der Waals surface area contributed by atoms with Crippen molar-refractivity contribution in [2.45, 2.75) is 26.0 Å². The summed E-state index contributed by atoms with van der Waals surface area (Å²) in [6, 6.07) is 6.93. The van der Waals surface area contributed by atoms with Crippen LogP contribution in [-0.4, -0.2) is 36.4 Å². The van der Waals surface area contributed by atoms with Gasteiger partial charge in [0.1, 0.15) is 12.7 Å². The molecule has 0 fully saturated rings. The van der Waals surface area contributed by atoms with Gasteiger partial charge in [-0.3, -0.25) is 0 Å². The highest BCUT2D eigenvalue weighted by molar-refractivity contribution is 6.33. The highest BCUT2D eigenvalue weighted by atomic mass is 35.5. The second-order valence-electron chi connectivity index (χ2n) is 4.30. The van der Waals surface area contributed by atoms with Crippen LogP contribution in [0, 0.1) is 0 Å². The Kier molecular flexibility index (Phi) is 8.76. The summed E-state index contributed by atoms with van der Waals surface area (Å²) < 4.78 is 4.99. The Bertz CT molecular complexity index is 399. The van der Waals surface area contributed by atoms with Crippen LogP contribution in [0.25, 0.3) is 0 Å². The van der Waals surface area contributed by atoms with Crippen molar-refractivity contribution in [2.24, 2.45) is 0 Å². The molecule has 0 heterocycles. The SMILES string of the molecule is CC(C)NCC(O)COC(=O)c1ccccc1Cl.Cl. The summed E-state index contributed by atoms with van der Waals surface area (Å²) in [4.78, 5) is 11.7. The minimum atomic E-state index is -0.723. The van der Waals surface area contributed by atoms with Crippen LogP contribution in [0.2, 0.25) is 5.02 Å². The Morgan fingerprint density at radius 2 is 2.05 bits per heavy atom. The van der Waals surface area contributed by atoms with Crippen molar-refractivity contribution >= 4 is 30.0 Å². The molecule has 0 aliphatic rings. The van der Waals surface area contributed by atoms with E-state index in [2.05, 4.69) is 5.32 Å². The normalized spacial score (nSPS) is 11.8. The molecular weight excluding hydrogens is 289 g/mol. The Labute approximate surface area is 124 Å². The van der Waals surface area contributed by atoms with E-state index in [1.54, 1.807) is 24.3 Å². The van der Waals surface area contributed by atoms with Crippen LogP contribution in [0.15, 0.2) is 24.3 Å². The van der Waals surface area contributed by atoms with Crippen LogP contribution in [0.3, 0.4) is 0 Å². The lowest BCUT2D eigenvalue weighted by molar-refractivity contribution is 0.0256. The Balaban J connectivity index is 0.00000324. The van der Waals surface area contributed by atoms with Gasteiger partial charge in [-0.1, -0.05) is 37.6 Å². The predicted octanol–water partition coefficient (Wildman–Crippen LogP) is 2.28. The van der Waals surface area contributed by atoms with Crippen LogP contribution in [-0.2, 0) is 4.74 Å². The van der Waals surface area contributed by atoms with Gasteiger partial charge in [-0.05, 0) is 12.1 Å². The first kappa shape index (κ1) is 18.2. The van der Waals surface area contributed by atoms with Crippen LogP contribution in [0.5, 0.6) is 0 Å². The first-order valence-electron chi connectivity index (χ1n) is 5.83. The van der Waals surface area contributed by atoms with Gasteiger partial charge in [-0.15, -0.1) is 12.4 Å². The monoisotopic (exact) mass is 307 g/mol. The zero-order valence-corrected chi connectivity index (χ0v) is 12.5. The van der Waals surface area contributed by atoms with Crippen molar-refractivity contribution in [2.75, 3.05) is 13.2 Å². The highest BCUT2D eigenvalue weighted by Gasteiger charge is 2.13. The van der Waals surface area contributed by atoms with Crippen molar-refractivity contribution in [3.8, 4) is 0 Å². The van der Waals surface area contributed by atoms with Crippen molar-refractivity contribution in [1.29, 1.82) is 0 Å². The molecule has 19 heavy (non-hydrogen) atoms. The number of rotatable bonds is 6. The number of aliphatic hydroxyl groups excluding tert-OH is 1. The summed E-state index contributed by atoms with van der Waals surface area (Å²) in [5, 5.41) is 13.0. The number of esters is 1. The zero-order valence-electron chi connectivity index (χ0n) is 10.9. The maximum atomic E-state index is 11.7. The third kappa shape index (κ3) is 6.78. The van der Waals surface area contributed by atoms with Gasteiger partial charge in [0.15, 0.2) is 0 Å². The molecule has 6 heteroatoms. The van der Waals surface area contributed by atoms with Gasteiger partial charge in [-0.25, -0.2) is 4.79 Å². The second kappa shape index (κ2) is 9.15. The van der Waals surface area contributed by atoms with Gasteiger partial charge in [0.25, 0.3) is 0 Å². The van der Waals surface area contributed by atoms with Crippen molar-refractivity contribution in [3.63, 3.8) is 0 Å². The van der Waals surface area contributed by atoms with E-state index in [4.69, 9.17) is 16.3 Å². The van der Waals surface area contributed by atoms with Gasteiger partial charge in [0.05, 0.1) is 10.6 Å². The number of carbonyl (C=O) groups excluding carboxylic acids is 1. The first-order valence-corrected chi connectivity index (χ1v) is 6.21. The van der Waals surface area contributed by atoms with Crippen LogP contribution >= 0.6 is 24.0 Å². The summed E-state index contributed by atoms with van der Waals surface area (Å²) in [6.07, 6.45) is -0.723. The lowest BCUT2D eigenvalue weighted by Gasteiger charge is -2.14. The predicted molar refractivity (Wildman–Crippen MR) is 78.1 cm³/mol. The third-order valence-corrected chi connectivity index (χ3v) is 2.59. The Hall–Kier alpha value is -0.810. The van der Waals surface area contributed by atoms with E-state index in [0.29, 0.717) is 17.1 Å². The van der Waals surface area contributed by atoms with E-state index in [9.17, 15) is 9.90 Å². The number of ether oxygens (including phenoxy) is 1. The summed E-state index contributed by atoms with van der Waals surface area (Å²) in [5.41, 5.74) is 0.309. The fourth-order valence-corrected chi connectivity index (χ4v) is 1.52. The van der Waals surface area contributed by atoms with E-state index >= 15 is 0 Å². The molecule has 1 rings (SSSR count). The second-order valence-corrected chi connectivity index (χ2v) is 4.70. The topological polar surface area (TPSA) is 58.6 Å². The summed E-state index contributed by atoms with van der Waals surface area (Å²) >= 11 is 5.86. The summed E-state index contributed by atoms with van der Waals surface area (Å²) in [5.74, 6) is -0.524. The molecule has 0 saturated heterocycles. The van der Waals surface area contributed by atoms with E-state index in [0.717, 1.165) is 0 Å². The molecule has 4 nitrogen and oxygen atoms in total. The number of carbonyl (C=O) groups is 1. The molecule has 108 valence electrons. The minimum absolute atomic E-state index is 0. The molecule has 0 aliphatic heterocycles. The highest BCUT2D eigenvalue weighted by Crippen LogP contribution is 2.15. The molecule has 1 aromatic carbocycles. The van der Waals surface area contributed by atoms with Gasteiger partial charge < -0.3 is 15.2 Å². The molecule has 1 aromatic rings. The third-order valence-electron chi connectivity index (χ3n) is 2.26. The van der Waals surface area contributed by atoms with Crippen molar-refractivity contribution in [1.82, 2.24) is 5.32 Å². The van der Waals surface area contributed by atoms with Crippen LogP contribution in [0.4, 0.5) is 0 Å². The van der Waals surface area contributed by atoms with Gasteiger partial charge >= 0.3 is 5.97 Å². The fraction of sp³-hybridized carbons (Fsp3) is 0.462. The number of aliphatic hydroxyl groups is 1. The zero-order chi connectivity index (χ0) is 13.5. The van der Waals surface area contributed by atoms with E-state index < -0.39 is 12.1 Å². The molecule has 0 radical (unpaired) electrons. The molecule has 0 bridgehead atoms. The first-order chi connectivity index (χ1) is 8.50. The molecule has 0 saturated carbocycles. The molecule has 0 spiro atoms. The largest absolute Gasteiger partial charge is 0.459 e. The van der Waals surface area contributed by atoms with E-state index in [1.165, 1.54) is 0 Å². The van der Waals surface area contributed by atoms with Crippen molar-refractivity contribution < 1.29 is 14.6 Å². The lowest BCUT2D eigenvalue weighted by Crippen LogP contribution is -2.35. The van der Waals surface area contributed by atoms with Crippen LogP contribution in [0.1, 0.15) is 24.2 Å². The molecule has 0 aliphatic carbocycles. The Morgan fingerprint density at radius 1 is 1.42 bits per heavy atom. The minimum Gasteiger partial charge on any atom is -0.459 e. The van der Waals surface area contributed by atoms with Gasteiger partial charge in [-0.2, -0.15) is 0 Å². The maximum Gasteiger partial charge on any atom is 0.339 e.